The standard InChI is InChI=1S/C29H19N3O6S/c1-16-24(29(35)32(31-16)18-7-10-20(11-8-18)39(30,36)37)15-19-9-13-26(38-19)17-6-12-23-25(14-17)28(34)22-5-3-2-4-21(22)27(23)33/h2-15H,1H3,(H2,30,36,37)/b24-15-. The fourth-order valence-corrected chi connectivity index (χ4v) is 5.13. The van der Waals surface area contributed by atoms with E-state index in [2.05, 4.69) is 5.10 Å². The highest BCUT2D eigenvalue weighted by molar-refractivity contribution is 7.89. The molecule has 39 heavy (non-hydrogen) atoms. The Morgan fingerprint density at radius 3 is 2.13 bits per heavy atom. The largest absolute Gasteiger partial charge is 0.457 e. The van der Waals surface area contributed by atoms with Gasteiger partial charge in [0.15, 0.2) is 11.6 Å². The van der Waals surface area contributed by atoms with Gasteiger partial charge in [-0.25, -0.2) is 13.6 Å². The van der Waals surface area contributed by atoms with Crippen molar-refractivity contribution in [2.45, 2.75) is 11.8 Å². The molecule has 6 rings (SSSR count). The Kier molecular flexibility index (Phi) is 5.53. The molecule has 0 atom stereocenters. The molecule has 1 aliphatic carbocycles. The first-order chi connectivity index (χ1) is 18.6. The molecule has 0 saturated carbocycles. The fraction of sp³-hybridized carbons (Fsp3) is 0.0345. The Hall–Kier alpha value is -4.93. The second-order valence-electron chi connectivity index (χ2n) is 9.07. The molecule has 4 aromatic rings. The van der Waals surface area contributed by atoms with Gasteiger partial charge in [-0.2, -0.15) is 10.1 Å². The normalized spacial score (nSPS) is 15.9. The molecule has 9 nitrogen and oxygen atoms in total. The molecule has 1 amide bonds. The molecule has 0 fully saturated rings. The van der Waals surface area contributed by atoms with Crippen molar-refractivity contribution in [3.05, 3.63) is 112 Å². The van der Waals surface area contributed by atoms with Crippen molar-refractivity contribution in [3.63, 3.8) is 0 Å². The van der Waals surface area contributed by atoms with Gasteiger partial charge in [0, 0.05) is 27.8 Å². The van der Waals surface area contributed by atoms with Gasteiger partial charge in [0.2, 0.25) is 10.0 Å². The van der Waals surface area contributed by atoms with Crippen LogP contribution in [0.4, 0.5) is 5.69 Å². The molecule has 1 aliphatic heterocycles. The van der Waals surface area contributed by atoms with Gasteiger partial charge in [-0.15, -0.1) is 0 Å². The van der Waals surface area contributed by atoms with E-state index in [1.165, 1.54) is 29.3 Å². The lowest BCUT2D eigenvalue weighted by molar-refractivity contribution is -0.114. The molecule has 3 aromatic carbocycles. The second kappa shape index (κ2) is 8.83. The summed E-state index contributed by atoms with van der Waals surface area (Å²) < 4.78 is 29.0. The van der Waals surface area contributed by atoms with Gasteiger partial charge in [-0.05, 0) is 61.5 Å². The van der Waals surface area contributed by atoms with E-state index in [1.807, 2.05) is 0 Å². The van der Waals surface area contributed by atoms with E-state index in [9.17, 15) is 22.8 Å². The third-order valence-electron chi connectivity index (χ3n) is 6.60. The zero-order valence-corrected chi connectivity index (χ0v) is 21.2. The van der Waals surface area contributed by atoms with Gasteiger partial charge in [-0.3, -0.25) is 14.4 Å². The molecule has 0 unspecified atom stereocenters. The van der Waals surface area contributed by atoms with Crippen molar-refractivity contribution in [3.8, 4) is 11.3 Å². The number of carbonyl (C=O) groups excluding carboxylic acids is 3. The van der Waals surface area contributed by atoms with Crippen molar-refractivity contribution in [2.24, 2.45) is 10.2 Å². The summed E-state index contributed by atoms with van der Waals surface area (Å²) >= 11 is 0. The number of sulfonamides is 1. The number of fused-ring (bicyclic) bond motifs is 2. The molecule has 0 radical (unpaired) electrons. The Morgan fingerprint density at radius 1 is 0.821 bits per heavy atom. The van der Waals surface area contributed by atoms with E-state index in [4.69, 9.17) is 9.56 Å². The Morgan fingerprint density at radius 2 is 1.46 bits per heavy atom. The quantitative estimate of drug-likeness (QED) is 0.341. The van der Waals surface area contributed by atoms with Crippen molar-refractivity contribution in [1.29, 1.82) is 0 Å². The fourth-order valence-electron chi connectivity index (χ4n) is 4.62. The lowest BCUT2D eigenvalue weighted by atomic mass is 9.83. The number of benzene rings is 3. The van der Waals surface area contributed by atoms with Crippen LogP contribution < -0.4 is 10.1 Å². The zero-order valence-electron chi connectivity index (χ0n) is 20.4. The summed E-state index contributed by atoms with van der Waals surface area (Å²) in [4.78, 5) is 39.0. The predicted octanol–water partition coefficient (Wildman–Crippen LogP) is 4.18. The number of carbonyl (C=O) groups is 3. The minimum absolute atomic E-state index is 0.0741. The van der Waals surface area contributed by atoms with Crippen LogP contribution in [0.15, 0.2) is 98.8 Å². The van der Waals surface area contributed by atoms with Gasteiger partial charge in [-0.1, -0.05) is 30.3 Å². The first-order valence-corrected chi connectivity index (χ1v) is 13.3. The van der Waals surface area contributed by atoms with Crippen LogP contribution in [0.3, 0.4) is 0 Å². The van der Waals surface area contributed by atoms with Gasteiger partial charge < -0.3 is 4.42 Å². The number of hydrazone groups is 1. The van der Waals surface area contributed by atoms with Crippen LogP contribution >= 0.6 is 0 Å². The Balaban J connectivity index is 1.27. The summed E-state index contributed by atoms with van der Waals surface area (Å²) in [6.07, 6.45) is 1.56. The van der Waals surface area contributed by atoms with Crippen LogP contribution in [0.1, 0.15) is 44.5 Å². The Bertz CT molecular complexity index is 1900. The third kappa shape index (κ3) is 4.12. The van der Waals surface area contributed by atoms with Crippen LogP contribution in [0.2, 0.25) is 0 Å². The molecule has 2 aliphatic rings. The van der Waals surface area contributed by atoms with Gasteiger partial charge >= 0.3 is 0 Å². The van der Waals surface area contributed by atoms with E-state index in [1.54, 1.807) is 67.6 Å². The summed E-state index contributed by atoms with van der Waals surface area (Å²) in [5, 5.41) is 10.6. The van der Waals surface area contributed by atoms with Crippen molar-refractivity contribution in [1.82, 2.24) is 0 Å². The van der Waals surface area contributed by atoms with E-state index < -0.39 is 15.9 Å². The van der Waals surface area contributed by atoms with Crippen LogP contribution in [0.25, 0.3) is 17.4 Å². The van der Waals surface area contributed by atoms with E-state index in [0.29, 0.717) is 56.3 Å². The first-order valence-electron chi connectivity index (χ1n) is 11.8. The number of anilines is 1. The number of nitrogens with zero attached hydrogens (tertiary/aromatic N) is 2. The van der Waals surface area contributed by atoms with Crippen LogP contribution in [-0.4, -0.2) is 31.6 Å². The second-order valence-corrected chi connectivity index (χ2v) is 10.6. The molecule has 1 aromatic heterocycles. The minimum atomic E-state index is -3.86. The number of amides is 1. The van der Waals surface area contributed by atoms with E-state index in [0.717, 1.165) is 0 Å². The molecule has 0 saturated heterocycles. The molecule has 0 spiro atoms. The molecular weight excluding hydrogens is 518 g/mol. The summed E-state index contributed by atoms with van der Waals surface area (Å²) in [5.41, 5.74) is 3.16. The third-order valence-corrected chi connectivity index (χ3v) is 7.52. The number of hydrogen-bond donors (Lipinski definition) is 1. The van der Waals surface area contributed by atoms with E-state index >= 15 is 0 Å². The minimum Gasteiger partial charge on any atom is -0.457 e. The highest BCUT2D eigenvalue weighted by atomic mass is 32.2. The molecule has 192 valence electrons. The van der Waals surface area contributed by atoms with Crippen molar-refractivity contribution in [2.75, 3.05) is 5.01 Å². The number of rotatable bonds is 4. The molecule has 0 bridgehead atoms. The number of hydrogen-bond acceptors (Lipinski definition) is 7. The molecule has 2 N–H and O–H groups in total. The number of nitrogens with two attached hydrogens (primary N) is 1. The number of furan rings is 1. The summed E-state index contributed by atoms with van der Waals surface area (Å²) in [6, 6.07) is 20.6. The monoisotopic (exact) mass is 537 g/mol. The smallest absolute Gasteiger partial charge is 0.280 e. The van der Waals surface area contributed by atoms with Gasteiger partial charge in [0.25, 0.3) is 5.91 Å². The summed E-state index contributed by atoms with van der Waals surface area (Å²) in [7, 11) is -3.86. The van der Waals surface area contributed by atoms with Gasteiger partial charge in [0.1, 0.15) is 11.5 Å². The summed E-state index contributed by atoms with van der Waals surface area (Å²) in [6.45, 7) is 1.68. The van der Waals surface area contributed by atoms with E-state index in [-0.39, 0.29) is 16.5 Å². The summed E-state index contributed by atoms with van der Waals surface area (Å²) in [5.74, 6) is 0.0101. The van der Waals surface area contributed by atoms with Crippen LogP contribution in [0, 0.1) is 0 Å². The average Bonchev–Trinajstić information content (AvgIpc) is 3.51. The number of primary sulfonamides is 1. The predicted molar refractivity (Wildman–Crippen MR) is 144 cm³/mol. The maximum atomic E-state index is 13.1. The van der Waals surface area contributed by atoms with Crippen LogP contribution in [-0.2, 0) is 14.8 Å². The molecular formula is C29H19N3O6S. The van der Waals surface area contributed by atoms with Crippen molar-refractivity contribution < 1.29 is 27.2 Å². The van der Waals surface area contributed by atoms with Crippen molar-refractivity contribution >= 4 is 45.0 Å². The first kappa shape index (κ1) is 24.4. The van der Waals surface area contributed by atoms with Crippen LogP contribution in [0.5, 0.6) is 0 Å². The SMILES string of the molecule is CC1=NN(c2ccc(S(N)(=O)=O)cc2)C(=O)/C1=C\c1ccc(-c2ccc3c(c2)C(=O)c2ccccc2C3=O)o1. The topological polar surface area (TPSA) is 140 Å². The van der Waals surface area contributed by atoms with Gasteiger partial charge in [0.05, 0.1) is 21.9 Å². The zero-order chi connectivity index (χ0) is 27.5. The molecule has 10 heteroatoms. The lowest BCUT2D eigenvalue weighted by Gasteiger charge is -2.17. The molecule has 2 heterocycles. The highest BCUT2D eigenvalue weighted by Gasteiger charge is 2.31. The lowest BCUT2D eigenvalue weighted by Crippen LogP contribution is -2.21. The average molecular weight is 538 g/mol. The highest BCUT2D eigenvalue weighted by Crippen LogP contribution is 2.32. The Labute approximate surface area is 222 Å². The maximum Gasteiger partial charge on any atom is 0.280 e. The maximum absolute atomic E-state index is 13.1. The number of ketones is 2.